The summed E-state index contributed by atoms with van der Waals surface area (Å²) in [5.74, 6) is -2.57. The lowest BCUT2D eigenvalue weighted by molar-refractivity contribution is -0.144. The number of carboxylic acid groups (broad SMARTS) is 1. The van der Waals surface area contributed by atoms with Crippen molar-refractivity contribution >= 4 is 36.4 Å². The molecule has 0 aliphatic heterocycles. The van der Waals surface area contributed by atoms with E-state index >= 15 is 0 Å². The largest absolute Gasteiger partial charge is 0.481 e. The Kier molecular flexibility index (Phi) is 10.00. The molecular formula is C22H31N4O8P. The van der Waals surface area contributed by atoms with Crippen LogP contribution in [-0.4, -0.2) is 42.0 Å². The van der Waals surface area contributed by atoms with Crippen molar-refractivity contribution in [2.75, 3.05) is 13.2 Å². The van der Waals surface area contributed by atoms with Gasteiger partial charge in [-0.15, -0.1) is 0 Å². The van der Waals surface area contributed by atoms with Crippen LogP contribution in [0.3, 0.4) is 0 Å². The van der Waals surface area contributed by atoms with Crippen LogP contribution in [0.15, 0.2) is 38.5 Å². The Morgan fingerprint density at radius 1 is 1.29 bits per heavy atom. The highest BCUT2D eigenvalue weighted by atomic mass is 31.2. The average Bonchev–Trinajstić information content (AvgIpc) is 2.74. The lowest BCUT2D eigenvalue weighted by atomic mass is 9.95. The van der Waals surface area contributed by atoms with Crippen LogP contribution in [0.1, 0.15) is 38.7 Å². The number of carboxylic acids is 1. The second kappa shape index (κ2) is 12.5. The SMILES string of the molecule is CCOP(=O)(N[C@@H](C)C(=O)C[C@@H](CCCN=C(N)N)C(=O)O)Oc1ccc2c(C)cc(=O)oc2c1. The van der Waals surface area contributed by atoms with E-state index in [0.717, 1.165) is 0 Å². The standard InChI is InChI=1S/C22H31N4O8P/c1-4-32-35(31,34-16-7-8-17-13(2)10-20(28)33-19(17)12-16)26-14(3)18(27)11-15(21(29)30)6-5-9-25-22(23)24/h7-8,10,12,14-15H,4-6,9,11H2,1-3H3,(H,26,31)(H,29,30)(H4,23,24,25)/t14-,15+,35?/m0/s1. The highest BCUT2D eigenvalue weighted by molar-refractivity contribution is 7.52. The van der Waals surface area contributed by atoms with E-state index < -0.39 is 37.1 Å². The molecule has 0 amide bonds. The molecule has 1 aromatic heterocycles. The monoisotopic (exact) mass is 510 g/mol. The molecule has 6 N–H and O–H groups in total. The van der Waals surface area contributed by atoms with Gasteiger partial charge in [-0.25, -0.2) is 14.4 Å². The maximum absolute atomic E-state index is 13.3. The Bertz CT molecular complexity index is 1190. The van der Waals surface area contributed by atoms with Gasteiger partial charge in [0.15, 0.2) is 11.7 Å². The van der Waals surface area contributed by atoms with Crippen LogP contribution in [0.4, 0.5) is 0 Å². The first-order chi connectivity index (χ1) is 16.4. The van der Waals surface area contributed by atoms with Crippen molar-refractivity contribution in [3.63, 3.8) is 0 Å². The zero-order valence-electron chi connectivity index (χ0n) is 19.9. The quantitative estimate of drug-likeness (QED) is 0.0956. The molecule has 12 nitrogen and oxygen atoms in total. The van der Waals surface area contributed by atoms with E-state index in [2.05, 4.69) is 10.1 Å². The fourth-order valence-electron chi connectivity index (χ4n) is 3.35. The van der Waals surface area contributed by atoms with Crippen LogP contribution in [-0.2, 0) is 18.7 Å². The Morgan fingerprint density at radius 3 is 2.63 bits per heavy atom. The Morgan fingerprint density at radius 2 is 2.00 bits per heavy atom. The van der Waals surface area contributed by atoms with Crippen molar-refractivity contribution in [1.29, 1.82) is 0 Å². The van der Waals surface area contributed by atoms with Gasteiger partial charge in [0.25, 0.3) is 0 Å². The third kappa shape index (κ3) is 8.50. The molecule has 0 bridgehead atoms. The van der Waals surface area contributed by atoms with E-state index in [1.807, 2.05) is 0 Å². The summed E-state index contributed by atoms with van der Waals surface area (Å²) in [6.07, 6.45) is 0.270. The number of rotatable bonds is 14. The summed E-state index contributed by atoms with van der Waals surface area (Å²) < 4.78 is 29.3. The van der Waals surface area contributed by atoms with Gasteiger partial charge >= 0.3 is 19.3 Å². The number of hydrogen-bond donors (Lipinski definition) is 4. The van der Waals surface area contributed by atoms with Crippen LogP contribution in [0.2, 0.25) is 0 Å². The molecular weight excluding hydrogens is 479 g/mol. The Balaban J connectivity index is 2.11. The van der Waals surface area contributed by atoms with Crippen molar-refractivity contribution in [3.05, 3.63) is 40.2 Å². The Hall–Kier alpha value is -3.21. The molecule has 13 heteroatoms. The molecule has 1 unspecified atom stereocenters. The van der Waals surface area contributed by atoms with Crippen molar-refractivity contribution in [2.24, 2.45) is 22.4 Å². The molecule has 192 valence electrons. The fourth-order valence-corrected chi connectivity index (χ4v) is 4.88. The van der Waals surface area contributed by atoms with Crippen LogP contribution >= 0.6 is 7.75 Å². The number of aliphatic carboxylic acids is 1. The number of carbonyl (C=O) groups excluding carboxylic acids is 1. The van der Waals surface area contributed by atoms with Crippen molar-refractivity contribution in [2.45, 2.75) is 46.1 Å². The predicted octanol–water partition coefficient (Wildman–Crippen LogP) is 2.32. The topological polar surface area (TPSA) is 197 Å². The minimum absolute atomic E-state index is 0.00943. The number of benzene rings is 1. The van der Waals surface area contributed by atoms with Gasteiger partial charge in [-0.2, -0.15) is 0 Å². The summed E-state index contributed by atoms with van der Waals surface area (Å²) >= 11 is 0. The number of fused-ring (bicyclic) bond motifs is 1. The third-order valence-corrected chi connectivity index (χ3v) is 6.84. The van der Waals surface area contributed by atoms with E-state index in [4.69, 9.17) is 24.9 Å². The van der Waals surface area contributed by atoms with Gasteiger partial charge in [-0.05, 0) is 51.3 Å². The second-order valence-electron chi connectivity index (χ2n) is 7.92. The lowest BCUT2D eigenvalue weighted by Crippen LogP contribution is -2.35. The fraction of sp³-hybridized carbons (Fsp3) is 0.455. The molecule has 0 fully saturated rings. The van der Waals surface area contributed by atoms with Crippen LogP contribution < -0.4 is 26.7 Å². The summed E-state index contributed by atoms with van der Waals surface area (Å²) in [4.78, 5) is 39.8. The van der Waals surface area contributed by atoms with Gasteiger partial charge in [0.05, 0.1) is 18.6 Å². The minimum Gasteiger partial charge on any atom is -0.481 e. The van der Waals surface area contributed by atoms with Crippen LogP contribution in [0.5, 0.6) is 5.75 Å². The molecule has 0 radical (unpaired) electrons. The summed E-state index contributed by atoms with van der Waals surface area (Å²) in [7, 11) is -4.04. The van der Waals surface area contributed by atoms with E-state index in [1.54, 1.807) is 19.9 Å². The first kappa shape index (κ1) is 28.0. The molecule has 0 aliphatic rings. The number of guanidine groups is 1. The molecule has 0 saturated heterocycles. The van der Waals surface area contributed by atoms with Gasteiger partial charge in [0, 0.05) is 30.5 Å². The maximum Gasteiger partial charge on any atom is 0.459 e. The molecule has 0 spiro atoms. The van der Waals surface area contributed by atoms with Crippen molar-refractivity contribution < 1.29 is 32.7 Å². The van der Waals surface area contributed by atoms with Gasteiger partial charge < -0.3 is 25.5 Å². The van der Waals surface area contributed by atoms with E-state index in [9.17, 15) is 24.1 Å². The maximum atomic E-state index is 13.3. The number of nitrogens with zero attached hydrogens (tertiary/aromatic N) is 1. The number of aryl methyl sites for hydroxylation is 1. The van der Waals surface area contributed by atoms with E-state index in [0.29, 0.717) is 17.4 Å². The predicted molar refractivity (Wildman–Crippen MR) is 130 cm³/mol. The molecule has 0 aliphatic carbocycles. The molecule has 2 rings (SSSR count). The van der Waals surface area contributed by atoms with Gasteiger partial charge in [-0.1, -0.05) is 0 Å². The molecule has 1 aromatic carbocycles. The normalized spacial score (nSPS) is 14.6. The number of carbonyl (C=O) groups is 2. The highest BCUT2D eigenvalue weighted by Crippen LogP contribution is 2.45. The molecule has 35 heavy (non-hydrogen) atoms. The summed E-state index contributed by atoms with van der Waals surface area (Å²) in [5.41, 5.74) is 10.9. The number of Topliss-reactive ketones (excluding diaryl/α,β-unsaturated/α-hetero) is 1. The number of nitrogens with two attached hydrogens (primary N) is 2. The minimum atomic E-state index is -4.04. The number of hydrogen-bond acceptors (Lipinski definition) is 8. The first-order valence-electron chi connectivity index (χ1n) is 11.0. The van der Waals surface area contributed by atoms with E-state index in [1.165, 1.54) is 25.1 Å². The molecule has 0 saturated carbocycles. The first-order valence-corrected chi connectivity index (χ1v) is 12.6. The molecule has 2 aromatic rings. The average molecular weight is 510 g/mol. The van der Waals surface area contributed by atoms with Crippen LogP contribution in [0.25, 0.3) is 11.0 Å². The Labute approximate surface area is 202 Å². The molecule has 3 atom stereocenters. The zero-order valence-corrected chi connectivity index (χ0v) is 20.7. The lowest BCUT2D eigenvalue weighted by Gasteiger charge is -2.23. The zero-order chi connectivity index (χ0) is 26.2. The van der Waals surface area contributed by atoms with E-state index in [-0.39, 0.29) is 43.3 Å². The van der Waals surface area contributed by atoms with Crippen LogP contribution in [0, 0.1) is 12.8 Å². The summed E-state index contributed by atoms with van der Waals surface area (Å²) in [6, 6.07) is 4.90. The third-order valence-electron chi connectivity index (χ3n) is 5.08. The summed E-state index contributed by atoms with van der Waals surface area (Å²) in [6.45, 7) is 5.05. The summed E-state index contributed by atoms with van der Waals surface area (Å²) in [5, 5.41) is 12.7. The number of aliphatic imine (C=N–C) groups is 1. The van der Waals surface area contributed by atoms with Crippen molar-refractivity contribution in [1.82, 2.24) is 5.09 Å². The van der Waals surface area contributed by atoms with Gasteiger partial charge in [0.1, 0.15) is 11.3 Å². The van der Waals surface area contributed by atoms with Crippen molar-refractivity contribution in [3.8, 4) is 5.75 Å². The number of ketones is 1. The van der Waals surface area contributed by atoms with Gasteiger partial charge in [-0.3, -0.25) is 19.1 Å². The smallest absolute Gasteiger partial charge is 0.459 e. The number of nitrogens with one attached hydrogen (secondary N) is 1. The second-order valence-corrected chi connectivity index (χ2v) is 9.61. The van der Waals surface area contributed by atoms with Gasteiger partial charge in [0.2, 0.25) is 0 Å². The molecule has 1 heterocycles. The highest BCUT2D eigenvalue weighted by Gasteiger charge is 2.32.